The number of hydrogen-bond donors (Lipinski definition) is 0. The van der Waals surface area contributed by atoms with Crippen molar-refractivity contribution in [1.29, 1.82) is 0 Å². The molecule has 26 heavy (non-hydrogen) atoms. The Hall–Kier alpha value is -2.70. The van der Waals surface area contributed by atoms with E-state index in [1.54, 1.807) is 36.1 Å². The minimum absolute atomic E-state index is 0.00374. The van der Waals surface area contributed by atoms with Crippen LogP contribution >= 0.6 is 0 Å². The molecule has 0 saturated carbocycles. The number of esters is 1. The van der Waals surface area contributed by atoms with Crippen LogP contribution in [0.3, 0.4) is 0 Å². The predicted molar refractivity (Wildman–Crippen MR) is 98.7 cm³/mol. The summed E-state index contributed by atoms with van der Waals surface area (Å²) in [5.41, 5.74) is 0.243. The Morgan fingerprint density at radius 1 is 1.12 bits per heavy atom. The van der Waals surface area contributed by atoms with E-state index in [2.05, 4.69) is 4.98 Å². The fourth-order valence-corrected chi connectivity index (χ4v) is 2.96. The molecule has 1 atom stereocenters. The lowest BCUT2D eigenvalue weighted by atomic mass is 10.2. The summed E-state index contributed by atoms with van der Waals surface area (Å²) in [6, 6.07) is 6.90. The molecule has 0 spiro atoms. The molecule has 1 aromatic carbocycles. The van der Waals surface area contributed by atoms with Gasteiger partial charge in [-0.05, 0) is 46.8 Å². The third-order valence-electron chi connectivity index (χ3n) is 4.05. The second kappa shape index (κ2) is 8.12. The first-order valence-electron chi connectivity index (χ1n) is 8.68. The van der Waals surface area contributed by atoms with Gasteiger partial charge in [0.05, 0.1) is 17.2 Å². The standard InChI is InChI=1S/C19H25N3O4/c1-12(2)22(13(3)4)18(24)14(5)26-17(23)10-21-11-20-16-9-7-6-8-15(16)19(21)25/h6-9,11-14H,10H2,1-5H3/t14-/m0/s1. The van der Waals surface area contributed by atoms with E-state index in [-0.39, 0.29) is 30.1 Å². The number of rotatable bonds is 6. The van der Waals surface area contributed by atoms with E-state index in [1.807, 2.05) is 27.7 Å². The smallest absolute Gasteiger partial charge is 0.326 e. The Morgan fingerprint density at radius 2 is 1.73 bits per heavy atom. The molecule has 7 heteroatoms. The van der Waals surface area contributed by atoms with E-state index in [0.717, 1.165) is 0 Å². The van der Waals surface area contributed by atoms with Crippen LogP contribution in [0.2, 0.25) is 0 Å². The quantitative estimate of drug-likeness (QED) is 0.737. The van der Waals surface area contributed by atoms with Crippen molar-refractivity contribution in [2.24, 2.45) is 0 Å². The number of para-hydroxylation sites is 1. The summed E-state index contributed by atoms with van der Waals surface area (Å²) in [6.07, 6.45) is 0.392. The van der Waals surface area contributed by atoms with Gasteiger partial charge in [0.2, 0.25) is 0 Å². The second-order valence-electron chi connectivity index (χ2n) is 6.76. The zero-order valence-corrected chi connectivity index (χ0v) is 15.8. The molecule has 0 aliphatic rings. The molecular formula is C19H25N3O4. The van der Waals surface area contributed by atoms with Gasteiger partial charge in [0.1, 0.15) is 6.54 Å². The zero-order chi connectivity index (χ0) is 19.4. The summed E-state index contributed by atoms with van der Waals surface area (Å²) >= 11 is 0. The van der Waals surface area contributed by atoms with E-state index in [9.17, 15) is 14.4 Å². The molecule has 1 heterocycles. The van der Waals surface area contributed by atoms with Crippen LogP contribution in [-0.2, 0) is 20.9 Å². The molecule has 0 aliphatic carbocycles. The van der Waals surface area contributed by atoms with Gasteiger partial charge < -0.3 is 9.64 Å². The molecule has 0 fully saturated rings. The number of amides is 1. The Labute approximate surface area is 152 Å². The van der Waals surface area contributed by atoms with Crippen LogP contribution in [0.1, 0.15) is 34.6 Å². The van der Waals surface area contributed by atoms with E-state index in [4.69, 9.17) is 4.74 Å². The third-order valence-corrected chi connectivity index (χ3v) is 4.05. The summed E-state index contributed by atoms with van der Waals surface area (Å²) in [7, 11) is 0. The molecule has 7 nitrogen and oxygen atoms in total. The van der Waals surface area contributed by atoms with Crippen molar-refractivity contribution in [3.63, 3.8) is 0 Å². The highest BCUT2D eigenvalue weighted by Crippen LogP contribution is 2.10. The number of nitrogens with zero attached hydrogens (tertiary/aromatic N) is 3. The SMILES string of the molecule is CC(C)N(C(=O)[C@H](C)OC(=O)Cn1cnc2ccccc2c1=O)C(C)C. The van der Waals surface area contributed by atoms with Crippen LogP contribution in [0.15, 0.2) is 35.4 Å². The van der Waals surface area contributed by atoms with Gasteiger partial charge >= 0.3 is 5.97 Å². The lowest BCUT2D eigenvalue weighted by Crippen LogP contribution is -2.47. The molecule has 0 radical (unpaired) electrons. The minimum Gasteiger partial charge on any atom is -0.451 e. The van der Waals surface area contributed by atoms with E-state index in [1.165, 1.54) is 10.9 Å². The number of carbonyl (C=O) groups excluding carboxylic acids is 2. The molecule has 0 unspecified atom stereocenters. The van der Waals surface area contributed by atoms with Crippen LogP contribution in [-0.4, -0.2) is 44.5 Å². The van der Waals surface area contributed by atoms with Gasteiger partial charge in [0.25, 0.3) is 11.5 Å². The molecule has 1 amide bonds. The molecule has 2 aromatic rings. The fraction of sp³-hybridized carbons (Fsp3) is 0.474. The summed E-state index contributed by atoms with van der Waals surface area (Å²) < 4.78 is 6.43. The van der Waals surface area contributed by atoms with Crippen LogP contribution < -0.4 is 5.56 Å². The third kappa shape index (κ3) is 4.28. The predicted octanol–water partition coefficient (Wildman–Crippen LogP) is 1.97. The van der Waals surface area contributed by atoms with Crippen molar-refractivity contribution in [2.45, 2.75) is 59.4 Å². The minimum atomic E-state index is -0.920. The van der Waals surface area contributed by atoms with Crippen LogP contribution in [0, 0.1) is 0 Å². The number of ether oxygens (including phenoxy) is 1. The van der Waals surface area contributed by atoms with Crippen molar-refractivity contribution in [1.82, 2.24) is 14.5 Å². The van der Waals surface area contributed by atoms with Gasteiger partial charge in [0.15, 0.2) is 6.10 Å². The highest BCUT2D eigenvalue weighted by Gasteiger charge is 2.27. The molecule has 1 aromatic heterocycles. The number of hydrogen-bond acceptors (Lipinski definition) is 5. The Morgan fingerprint density at radius 3 is 2.35 bits per heavy atom. The average molecular weight is 359 g/mol. The Kier molecular flexibility index (Phi) is 6.13. The van der Waals surface area contributed by atoms with Crippen molar-refractivity contribution in [3.8, 4) is 0 Å². The summed E-state index contributed by atoms with van der Waals surface area (Å²) in [6.45, 7) is 8.88. The van der Waals surface area contributed by atoms with Crippen molar-refractivity contribution >= 4 is 22.8 Å². The monoisotopic (exact) mass is 359 g/mol. The first-order valence-corrected chi connectivity index (χ1v) is 8.68. The highest BCUT2D eigenvalue weighted by atomic mass is 16.5. The van der Waals surface area contributed by atoms with Crippen LogP contribution in [0.4, 0.5) is 0 Å². The lowest BCUT2D eigenvalue weighted by molar-refractivity contribution is -0.161. The number of aromatic nitrogens is 2. The molecule has 140 valence electrons. The van der Waals surface area contributed by atoms with Crippen LogP contribution in [0.25, 0.3) is 10.9 Å². The molecular weight excluding hydrogens is 334 g/mol. The van der Waals surface area contributed by atoms with Gasteiger partial charge in [-0.25, -0.2) is 4.98 Å². The molecule has 0 bridgehead atoms. The number of fused-ring (bicyclic) bond motifs is 1. The maximum Gasteiger partial charge on any atom is 0.326 e. The normalized spacial score (nSPS) is 12.4. The maximum atomic E-state index is 12.5. The van der Waals surface area contributed by atoms with Crippen LogP contribution in [0.5, 0.6) is 0 Å². The molecule has 2 rings (SSSR count). The van der Waals surface area contributed by atoms with E-state index < -0.39 is 12.1 Å². The largest absolute Gasteiger partial charge is 0.451 e. The second-order valence-corrected chi connectivity index (χ2v) is 6.76. The van der Waals surface area contributed by atoms with Crippen molar-refractivity contribution < 1.29 is 14.3 Å². The lowest BCUT2D eigenvalue weighted by Gasteiger charge is -2.32. The van der Waals surface area contributed by atoms with Crippen molar-refractivity contribution in [2.75, 3.05) is 0 Å². The summed E-state index contributed by atoms with van der Waals surface area (Å²) in [5, 5.41) is 0.428. The average Bonchev–Trinajstić information content (AvgIpc) is 2.56. The Balaban J connectivity index is 2.10. The number of benzene rings is 1. The number of carbonyl (C=O) groups is 2. The van der Waals surface area contributed by atoms with Gasteiger partial charge in [-0.1, -0.05) is 12.1 Å². The molecule has 0 saturated heterocycles. The molecule has 0 N–H and O–H groups in total. The Bertz CT molecular complexity index is 849. The summed E-state index contributed by atoms with van der Waals surface area (Å²) in [4.78, 5) is 43.0. The maximum absolute atomic E-state index is 12.5. The van der Waals surface area contributed by atoms with E-state index in [0.29, 0.717) is 10.9 Å². The van der Waals surface area contributed by atoms with Gasteiger partial charge in [-0.2, -0.15) is 0 Å². The van der Waals surface area contributed by atoms with Gasteiger partial charge in [0, 0.05) is 12.1 Å². The van der Waals surface area contributed by atoms with Crippen molar-refractivity contribution in [3.05, 3.63) is 40.9 Å². The first kappa shape index (κ1) is 19.6. The summed E-state index contributed by atoms with van der Waals surface area (Å²) in [5.74, 6) is -0.912. The fourth-order valence-electron chi connectivity index (χ4n) is 2.96. The van der Waals surface area contributed by atoms with E-state index >= 15 is 0 Å². The van der Waals surface area contributed by atoms with Gasteiger partial charge in [-0.15, -0.1) is 0 Å². The zero-order valence-electron chi connectivity index (χ0n) is 15.8. The highest BCUT2D eigenvalue weighted by molar-refractivity contribution is 5.84. The molecule has 0 aliphatic heterocycles. The van der Waals surface area contributed by atoms with Gasteiger partial charge in [-0.3, -0.25) is 19.0 Å². The first-order chi connectivity index (χ1) is 12.2. The topological polar surface area (TPSA) is 81.5 Å².